The van der Waals surface area contributed by atoms with Crippen molar-refractivity contribution >= 4 is 11.6 Å². The molecule has 7 nitrogen and oxygen atoms in total. The Morgan fingerprint density at radius 2 is 2.32 bits per heavy atom. The molecule has 22 heavy (non-hydrogen) atoms. The maximum atomic E-state index is 12.2. The van der Waals surface area contributed by atoms with Crippen molar-refractivity contribution in [2.24, 2.45) is 0 Å². The maximum absolute atomic E-state index is 12.2. The van der Waals surface area contributed by atoms with E-state index in [-0.39, 0.29) is 12.0 Å². The largest absolute Gasteiger partial charge is 0.376 e. The van der Waals surface area contributed by atoms with E-state index in [4.69, 9.17) is 9.26 Å². The highest BCUT2D eigenvalue weighted by atomic mass is 16.5. The van der Waals surface area contributed by atoms with E-state index in [0.717, 1.165) is 19.4 Å². The van der Waals surface area contributed by atoms with Crippen molar-refractivity contribution in [3.05, 3.63) is 29.4 Å². The molecule has 0 bridgehead atoms. The number of aromatic nitrogens is 3. The molecule has 0 spiro atoms. The fourth-order valence-electron chi connectivity index (χ4n) is 2.69. The van der Waals surface area contributed by atoms with E-state index in [9.17, 15) is 4.79 Å². The van der Waals surface area contributed by atoms with Gasteiger partial charge in [0.1, 0.15) is 11.3 Å². The van der Waals surface area contributed by atoms with Crippen molar-refractivity contribution in [3.8, 4) is 0 Å². The van der Waals surface area contributed by atoms with Gasteiger partial charge in [-0.15, -0.1) is 0 Å². The molecule has 0 radical (unpaired) electrons. The molecule has 0 unspecified atom stereocenters. The highest BCUT2D eigenvalue weighted by Crippen LogP contribution is 2.17. The SMILES string of the molecule is Cc1noc(C)c1C(=O)Nc1cnn(C[C@@H]2CCCCO2)c1. The van der Waals surface area contributed by atoms with Crippen molar-refractivity contribution in [2.45, 2.75) is 45.8 Å². The zero-order valence-corrected chi connectivity index (χ0v) is 12.8. The molecule has 1 aliphatic heterocycles. The summed E-state index contributed by atoms with van der Waals surface area (Å²) in [6.45, 7) is 5.00. The average molecular weight is 304 g/mol. The minimum absolute atomic E-state index is 0.208. The minimum atomic E-state index is -0.232. The monoisotopic (exact) mass is 304 g/mol. The van der Waals surface area contributed by atoms with Gasteiger partial charge in [0.2, 0.25) is 0 Å². The lowest BCUT2D eigenvalue weighted by Gasteiger charge is -2.22. The van der Waals surface area contributed by atoms with Crippen LogP contribution in [-0.2, 0) is 11.3 Å². The summed E-state index contributed by atoms with van der Waals surface area (Å²) < 4.78 is 12.5. The Balaban J connectivity index is 1.63. The molecule has 7 heteroatoms. The second-order valence-corrected chi connectivity index (χ2v) is 5.59. The summed E-state index contributed by atoms with van der Waals surface area (Å²) in [5, 5.41) is 10.9. The van der Waals surface area contributed by atoms with Gasteiger partial charge in [0.15, 0.2) is 0 Å². The summed E-state index contributed by atoms with van der Waals surface area (Å²) in [6.07, 6.45) is 7.04. The summed E-state index contributed by atoms with van der Waals surface area (Å²) in [4.78, 5) is 12.2. The molecule has 3 heterocycles. The smallest absolute Gasteiger partial charge is 0.261 e. The van der Waals surface area contributed by atoms with Crippen LogP contribution >= 0.6 is 0 Å². The van der Waals surface area contributed by atoms with Crippen LogP contribution in [0, 0.1) is 13.8 Å². The Morgan fingerprint density at radius 1 is 1.45 bits per heavy atom. The predicted molar refractivity (Wildman–Crippen MR) is 79.7 cm³/mol. The zero-order valence-electron chi connectivity index (χ0n) is 12.8. The normalized spacial score (nSPS) is 18.4. The maximum Gasteiger partial charge on any atom is 0.261 e. The molecule has 0 aliphatic carbocycles. The van der Waals surface area contributed by atoms with E-state index in [0.29, 0.717) is 29.2 Å². The zero-order chi connectivity index (χ0) is 15.5. The van der Waals surface area contributed by atoms with Crippen molar-refractivity contribution in [3.63, 3.8) is 0 Å². The van der Waals surface area contributed by atoms with Gasteiger partial charge in [0.05, 0.1) is 30.2 Å². The van der Waals surface area contributed by atoms with Gasteiger partial charge in [0.25, 0.3) is 5.91 Å². The van der Waals surface area contributed by atoms with Crippen molar-refractivity contribution in [2.75, 3.05) is 11.9 Å². The van der Waals surface area contributed by atoms with Gasteiger partial charge in [0, 0.05) is 12.8 Å². The van der Waals surface area contributed by atoms with E-state index in [1.54, 1.807) is 24.7 Å². The molecule has 1 aliphatic rings. The van der Waals surface area contributed by atoms with Gasteiger partial charge in [-0.2, -0.15) is 5.10 Å². The molecule has 1 N–H and O–H groups in total. The Kier molecular flexibility index (Phi) is 4.24. The number of anilines is 1. The number of ether oxygens (including phenoxy) is 1. The number of hydrogen-bond donors (Lipinski definition) is 1. The van der Waals surface area contributed by atoms with E-state index in [2.05, 4.69) is 15.6 Å². The fourth-order valence-corrected chi connectivity index (χ4v) is 2.69. The summed E-state index contributed by atoms with van der Waals surface area (Å²) in [7, 11) is 0. The number of nitrogens with one attached hydrogen (secondary N) is 1. The first-order valence-electron chi connectivity index (χ1n) is 7.52. The first kappa shape index (κ1) is 14.8. The van der Waals surface area contributed by atoms with Crippen LogP contribution in [0.4, 0.5) is 5.69 Å². The average Bonchev–Trinajstić information content (AvgIpc) is 3.07. The predicted octanol–water partition coefficient (Wildman–Crippen LogP) is 2.31. The molecule has 1 fully saturated rings. The van der Waals surface area contributed by atoms with E-state index >= 15 is 0 Å². The van der Waals surface area contributed by atoms with Crippen LogP contribution in [0.5, 0.6) is 0 Å². The topological polar surface area (TPSA) is 82.2 Å². The number of carbonyl (C=O) groups excluding carboxylic acids is 1. The number of rotatable bonds is 4. The molecule has 3 rings (SSSR count). The molecule has 1 amide bonds. The lowest BCUT2D eigenvalue weighted by atomic mass is 10.1. The molecular weight excluding hydrogens is 284 g/mol. The third-order valence-corrected chi connectivity index (χ3v) is 3.82. The van der Waals surface area contributed by atoms with E-state index in [1.807, 2.05) is 6.20 Å². The van der Waals surface area contributed by atoms with Crippen LogP contribution in [0.15, 0.2) is 16.9 Å². The molecule has 1 saturated heterocycles. The molecule has 2 aromatic heterocycles. The second-order valence-electron chi connectivity index (χ2n) is 5.59. The van der Waals surface area contributed by atoms with Gasteiger partial charge < -0.3 is 14.6 Å². The van der Waals surface area contributed by atoms with Gasteiger partial charge in [-0.1, -0.05) is 5.16 Å². The standard InChI is InChI=1S/C15H20N4O3/c1-10-14(11(2)22-18-10)15(20)17-12-7-16-19(8-12)9-13-5-3-4-6-21-13/h7-8,13H,3-6,9H2,1-2H3,(H,17,20)/t13-/m0/s1. The summed E-state index contributed by atoms with van der Waals surface area (Å²) >= 11 is 0. The molecule has 118 valence electrons. The number of nitrogens with zero attached hydrogens (tertiary/aromatic N) is 3. The van der Waals surface area contributed by atoms with E-state index in [1.165, 1.54) is 6.42 Å². The van der Waals surface area contributed by atoms with Gasteiger partial charge in [-0.3, -0.25) is 9.48 Å². The lowest BCUT2D eigenvalue weighted by Crippen LogP contribution is -2.24. The molecule has 2 aromatic rings. The van der Waals surface area contributed by atoms with Crippen LogP contribution in [0.2, 0.25) is 0 Å². The van der Waals surface area contributed by atoms with E-state index < -0.39 is 0 Å². The number of hydrogen-bond acceptors (Lipinski definition) is 5. The van der Waals surface area contributed by atoms with Crippen LogP contribution in [0.25, 0.3) is 0 Å². The minimum Gasteiger partial charge on any atom is -0.376 e. The second kappa shape index (κ2) is 6.31. The van der Waals surface area contributed by atoms with Crippen LogP contribution < -0.4 is 5.32 Å². The van der Waals surface area contributed by atoms with Gasteiger partial charge in [-0.25, -0.2) is 0 Å². The number of carbonyl (C=O) groups is 1. The third-order valence-electron chi connectivity index (χ3n) is 3.82. The Labute approximate surface area is 128 Å². The first-order valence-corrected chi connectivity index (χ1v) is 7.52. The van der Waals surface area contributed by atoms with Crippen molar-refractivity contribution in [1.82, 2.24) is 14.9 Å². The van der Waals surface area contributed by atoms with Crippen LogP contribution in [0.1, 0.15) is 41.1 Å². The number of aryl methyl sites for hydroxylation is 2. The highest BCUT2D eigenvalue weighted by molar-refractivity contribution is 6.05. The molecular formula is C15H20N4O3. The summed E-state index contributed by atoms with van der Waals surface area (Å²) in [6, 6.07) is 0. The quantitative estimate of drug-likeness (QED) is 0.937. The molecule has 0 saturated carbocycles. The van der Waals surface area contributed by atoms with Gasteiger partial charge in [-0.05, 0) is 33.1 Å². The Hall–Kier alpha value is -2.15. The Morgan fingerprint density at radius 3 is 3.00 bits per heavy atom. The lowest BCUT2D eigenvalue weighted by molar-refractivity contribution is 0.00401. The molecule has 1 atom stereocenters. The van der Waals surface area contributed by atoms with Crippen molar-refractivity contribution in [1.29, 1.82) is 0 Å². The van der Waals surface area contributed by atoms with Crippen molar-refractivity contribution < 1.29 is 14.1 Å². The summed E-state index contributed by atoms with van der Waals surface area (Å²) in [5.41, 5.74) is 1.71. The fraction of sp³-hybridized carbons (Fsp3) is 0.533. The third kappa shape index (κ3) is 3.19. The van der Waals surface area contributed by atoms with Crippen LogP contribution in [-0.4, -0.2) is 33.6 Å². The first-order chi connectivity index (χ1) is 10.6. The summed E-state index contributed by atoms with van der Waals surface area (Å²) in [5.74, 6) is 0.280. The van der Waals surface area contributed by atoms with Crippen LogP contribution in [0.3, 0.4) is 0 Å². The van der Waals surface area contributed by atoms with Gasteiger partial charge >= 0.3 is 0 Å². The highest BCUT2D eigenvalue weighted by Gasteiger charge is 2.19. The molecule has 0 aromatic carbocycles. The number of amides is 1. The Bertz CT molecular complexity index is 636.